The van der Waals surface area contributed by atoms with Crippen molar-refractivity contribution in [1.29, 1.82) is 0 Å². The van der Waals surface area contributed by atoms with Crippen molar-refractivity contribution in [3.8, 4) is 0 Å². The fourth-order valence-electron chi connectivity index (χ4n) is 1.76. The van der Waals surface area contributed by atoms with E-state index in [0.717, 1.165) is 11.5 Å². The Morgan fingerprint density at radius 1 is 1.37 bits per heavy atom. The van der Waals surface area contributed by atoms with Crippen LogP contribution < -0.4 is 10.6 Å². The Bertz CT molecular complexity index is 307. The highest BCUT2D eigenvalue weighted by Crippen LogP contribution is 2.23. The number of amides is 2. The molecular weight excluding hydrogens is 284 g/mol. The molecule has 0 aromatic rings. The van der Waals surface area contributed by atoms with Crippen molar-refractivity contribution in [2.75, 3.05) is 23.8 Å². The number of aliphatic carboxylic acids is 1. The lowest BCUT2D eigenvalue weighted by molar-refractivity contribution is -0.139. The second-order valence-electron chi connectivity index (χ2n) is 4.94. The van der Waals surface area contributed by atoms with Gasteiger partial charge in [0.2, 0.25) is 0 Å². The highest BCUT2D eigenvalue weighted by molar-refractivity contribution is 8.06. The fraction of sp³-hybridized carbons (Fsp3) is 0.833. The largest absolute Gasteiger partial charge is 0.480 e. The topological polar surface area (TPSA) is 78.4 Å². The van der Waals surface area contributed by atoms with Gasteiger partial charge < -0.3 is 15.7 Å². The number of carboxylic acids is 1. The molecule has 0 radical (unpaired) electrons. The van der Waals surface area contributed by atoms with Crippen molar-refractivity contribution in [2.45, 2.75) is 31.6 Å². The maximum absolute atomic E-state index is 11.7. The maximum atomic E-state index is 11.7. The van der Waals surface area contributed by atoms with Gasteiger partial charge in [-0.3, -0.25) is 0 Å². The Balaban J connectivity index is 2.29. The van der Waals surface area contributed by atoms with E-state index in [1.165, 1.54) is 5.75 Å². The molecule has 2 unspecified atom stereocenters. The second-order valence-corrected chi connectivity index (χ2v) is 7.50. The van der Waals surface area contributed by atoms with Crippen LogP contribution in [0.25, 0.3) is 0 Å². The van der Waals surface area contributed by atoms with Gasteiger partial charge in [0.15, 0.2) is 0 Å². The van der Waals surface area contributed by atoms with Crippen LogP contribution in [0.4, 0.5) is 4.79 Å². The van der Waals surface area contributed by atoms with Gasteiger partial charge in [-0.2, -0.15) is 23.5 Å². The molecule has 1 fully saturated rings. The zero-order valence-corrected chi connectivity index (χ0v) is 13.0. The van der Waals surface area contributed by atoms with Crippen molar-refractivity contribution in [1.82, 2.24) is 10.6 Å². The van der Waals surface area contributed by atoms with Gasteiger partial charge in [0.25, 0.3) is 0 Å². The highest BCUT2D eigenvalue weighted by atomic mass is 32.2. The highest BCUT2D eigenvalue weighted by Gasteiger charge is 2.21. The van der Waals surface area contributed by atoms with E-state index in [9.17, 15) is 9.59 Å². The summed E-state index contributed by atoms with van der Waals surface area (Å²) in [4.78, 5) is 22.7. The second kappa shape index (κ2) is 8.58. The van der Waals surface area contributed by atoms with Gasteiger partial charge >= 0.3 is 12.0 Å². The summed E-state index contributed by atoms with van der Waals surface area (Å²) < 4.78 is 0. The van der Waals surface area contributed by atoms with Gasteiger partial charge in [-0.25, -0.2) is 9.59 Å². The third-order valence-corrected chi connectivity index (χ3v) is 5.53. The first kappa shape index (κ1) is 16.5. The summed E-state index contributed by atoms with van der Waals surface area (Å²) in [6, 6.07) is -1.20. The predicted molar refractivity (Wildman–Crippen MR) is 81.0 cm³/mol. The van der Waals surface area contributed by atoms with Crippen molar-refractivity contribution in [2.24, 2.45) is 5.92 Å². The van der Waals surface area contributed by atoms with Crippen LogP contribution in [0.3, 0.4) is 0 Å². The first-order chi connectivity index (χ1) is 8.99. The average Bonchev–Trinajstić information content (AvgIpc) is 2.36. The van der Waals surface area contributed by atoms with Gasteiger partial charge in [-0.1, -0.05) is 13.8 Å². The zero-order chi connectivity index (χ0) is 14.3. The average molecular weight is 306 g/mol. The smallest absolute Gasteiger partial charge is 0.326 e. The summed E-state index contributed by atoms with van der Waals surface area (Å²) in [5, 5.41) is 14.8. The quantitative estimate of drug-likeness (QED) is 0.695. The minimum atomic E-state index is -0.980. The van der Waals surface area contributed by atoms with E-state index >= 15 is 0 Å². The third-order valence-electron chi connectivity index (χ3n) is 2.69. The number of hydrogen-bond donors (Lipinski definition) is 3. The Morgan fingerprint density at radius 3 is 2.63 bits per heavy atom. The molecule has 1 rings (SSSR count). The number of carboxylic acid groups (broad SMARTS) is 1. The minimum Gasteiger partial charge on any atom is -0.480 e. The third kappa shape index (κ3) is 6.96. The standard InChI is InChI=1S/C12H22N2O3S2/c1-8(2)5-10(11(15)16)14-12(17)13-6-9-7-18-3-4-19-9/h8-10H,3-7H2,1-2H3,(H,15,16)(H2,13,14,17). The van der Waals surface area contributed by atoms with E-state index in [2.05, 4.69) is 10.6 Å². The molecule has 3 N–H and O–H groups in total. The van der Waals surface area contributed by atoms with E-state index in [4.69, 9.17) is 5.11 Å². The van der Waals surface area contributed by atoms with Crippen LogP contribution in [0.5, 0.6) is 0 Å². The van der Waals surface area contributed by atoms with E-state index in [-0.39, 0.29) is 11.9 Å². The van der Waals surface area contributed by atoms with Gasteiger partial charge in [0, 0.05) is 29.1 Å². The SMILES string of the molecule is CC(C)CC(NC(=O)NCC1CSCCS1)C(=O)O. The van der Waals surface area contributed by atoms with Crippen LogP contribution >= 0.6 is 23.5 Å². The Labute approximate surface area is 122 Å². The van der Waals surface area contributed by atoms with Crippen LogP contribution in [0.1, 0.15) is 20.3 Å². The Morgan fingerprint density at radius 2 is 2.11 bits per heavy atom. The Kier molecular flexibility index (Phi) is 7.45. The molecule has 0 saturated carbocycles. The summed E-state index contributed by atoms with van der Waals surface area (Å²) >= 11 is 3.76. The van der Waals surface area contributed by atoms with Gasteiger partial charge in [-0.05, 0) is 12.3 Å². The molecular formula is C12H22N2O3S2. The van der Waals surface area contributed by atoms with Crippen LogP contribution in [0.2, 0.25) is 0 Å². The molecule has 1 aliphatic rings. The van der Waals surface area contributed by atoms with Crippen molar-refractivity contribution in [3.05, 3.63) is 0 Å². The molecule has 0 aliphatic carbocycles. The number of rotatable bonds is 6. The number of carbonyl (C=O) groups excluding carboxylic acids is 1. The number of nitrogens with one attached hydrogen (secondary N) is 2. The Hall–Kier alpha value is -0.560. The van der Waals surface area contributed by atoms with E-state index < -0.39 is 12.0 Å². The molecule has 2 amide bonds. The maximum Gasteiger partial charge on any atom is 0.326 e. The monoisotopic (exact) mass is 306 g/mol. The lowest BCUT2D eigenvalue weighted by Gasteiger charge is -2.22. The lowest BCUT2D eigenvalue weighted by Crippen LogP contribution is -2.48. The van der Waals surface area contributed by atoms with Crippen molar-refractivity contribution in [3.63, 3.8) is 0 Å². The van der Waals surface area contributed by atoms with Crippen molar-refractivity contribution < 1.29 is 14.7 Å². The predicted octanol–water partition coefficient (Wildman–Crippen LogP) is 1.63. The van der Waals surface area contributed by atoms with Gasteiger partial charge in [0.1, 0.15) is 6.04 Å². The summed E-state index contributed by atoms with van der Waals surface area (Å²) in [7, 11) is 0. The molecule has 7 heteroatoms. The minimum absolute atomic E-state index is 0.228. The zero-order valence-electron chi connectivity index (χ0n) is 11.3. The molecule has 2 atom stereocenters. The molecule has 0 spiro atoms. The molecule has 110 valence electrons. The lowest BCUT2D eigenvalue weighted by atomic mass is 10.0. The van der Waals surface area contributed by atoms with Crippen LogP contribution in [0, 0.1) is 5.92 Å². The number of thioether (sulfide) groups is 2. The van der Waals surface area contributed by atoms with Crippen LogP contribution in [-0.2, 0) is 4.79 Å². The number of hydrogen-bond acceptors (Lipinski definition) is 4. The first-order valence-corrected chi connectivity index (χ1v) is 8.66. The van der Waals surface area contributed by atoms with Crippen LogP contribution in [-0.4, -0.2) is 52.2 Å². The van der Waals surface area contributed by atoms with E-state index in [0.29, 0.717) is 18.2 Å². The molecule has 1 saturated heterocycles. The molecule has 19 heavy (non-hydrogen) atoms. The van der Waals surface area contributed by atoms with Crippen LogP contribution in [0.15, 0.2) is 0 Å². The molecule has 5 nitrogen and oxygen atoms in total. The summed E-state index contributed by atoms with van der Waals surface area (Å²) in [6.45, 7) is 4.47. The normalized spacial score (nSPS) is 20.9. The molecule has 0 aromatic carbocycles. The van der Waals surface area contributed by atoms with E-state index in [1.54, 1.807) is 0 Å². The van der Waals surface area contributed by atoms with Gasteiger partial charge in [-0.15, -0.1) is 0 Å². The molecule has 0 bridgehead atoms. The molecule has 1 aliphatic heterocycles. The first-order valence-electron chi connectivity index (χ1n) is 6.45. The number of carbonyl (C=O) groups is 2. The van der Waals surface area contributed by atoms with Crippen molar-refractivity contribution >= 4 is 35.5 Å². The fourth-order valence-corrected chi connectivity index (χ4v) is 4.37. The summed E-state index contributed by atoms with van der Waals surface area (Å²) in [6.07, 6.45) is 0.441. The molecule has 1 heterocycles. The number of urea groups is 1. The summed E-state index contributed by atoms with van der Waals surface area (Å²) in [5.74, 6) is 2.57. The molecule has 0 aromatic heterocycles. The summed E-state index contributed by atoms with van der Waals surface area (Å²) in [5.41, 5.74) is 0. The van der Waals surface area contributed by atoms with Gasteiger partial charge in [0.05, 0.1) is 0 Å². The van der Waals surface area contributed by atoms with E-state index in [1.807, 2.05) is 37.4 Å².